The highest BCUT2D eigenvalue weighted by Gasteiger charge is 2.14. The fourth-order valence-corrected chi connectivity index (χ4v) is 3.12. The normalized spacial score (nSPS) is 15.3. The van der Waals surface area contributed by atoms with Crippen molar-refractivity contribution in [3.63, 3.8) is 0 Å². The molecule has 0 radical (unpaired) electrons. The van der Waals surface area contributed by atoms with Crippen LogP contribution in [0.5, 0.6) is 0 Å². The van der Waals surface area contributed by atoms with E-state index < -0.39 is 16.4 Å². The number of nitrogens with one attached hydrogen (secondary N) is 1. The Morgan fingerprint density at radius 2 is 1.93 bits per heavy atom. The first-order chi connectivity index (χ1) is 13.4. The molecular weight excluding hydrogens is 362 g/mol. The summed E-state index contributed by atoms with van der Waals surface area (Å²) in [4.78, 5) is 39.0. The van der Waals surface area contributed by atoms with Crippen molar-refractivity contribution in [2.75, 3.05) is 38.5 Å². The van der Waals surface area contributed by atoms with E-state index in [2.05, 4.69) is 22.2 Å². The standard InChI is InChI=1S/C19H23N5O4/c1-21-7-9-22(10-8-21)12-15-3-2-4-16(11-15)20-18(25)14-23-13-17(24(27)28)5-6-19(23)26/h2-6,11,13H,7-10,12,14H2,1H3,(H,20,25). The number of nitro groups is 1. The van der Waals surface area contributed by atoms with Crippen molar-refractivity contribution >= 4 is 17.3 Å². The lowest BCUT2D eigenvalue weighted by Gasteiger charge is -2.32. The second-order valence-electron chi connectivity index (χ2n) is 6.94. The number of piperazine rings is 1. The number of likely N-dealkylation sites (N-methyl/N-ethyl adjacent to an activating group) is 1. The van der Waals surface area contributed by atoms with E-state index in [1.165, 1.54) is 0 Å². The van der Waals surface area contributed by atoms with E-state index in [0.717, 1.165) is 61.2 Å². The molecule has 9 heteroatoms. The number of aromatic nitrogens is 1. The first-order valence-electron chi connectivity index (χ1n) is 9.05. The van der Waals surface area contributed by atoms with Gasteiger partial charge in [0.05, 0.1) is 11.1 Å². The second-order valence-corrected chi connectivity index (χ2v) is 6.94. The van der Waals surface area contributed by atoms with Crippen LogP contribution < -0.4 is 10.9 Å². The summed E-state index contributed by atoms with van der Waals surface area (Å²) in [5.74, 6) is -0.417. The van der Waals surface area contributed by atoms with E-state index in [4.69, 9.17) is 0 Å². The van der Waals surface area contributed by atoms with Gasteiger partial charge in [-0.15, -0.1) is 0 Å². The molecular formula is C19H23N5O4. The Kier molecular flexibility index (Phi) is 6.17. The molecule has 2 heterocycles. The number of amides is 1. The number of pyridine rings is 1. The summed E-state index contributed by atoms with van der Waals surface area (Å²) >= 11 is 0. The van der Waals surface area contributed by atoms with Gasteiger partial charge in [-0.05, 0) is 24.7 Å². The van der Waals surface area contributed by atoms with Gasteiger partial charge in [0.2, 0.25) is 5.91 Å². The largest absolute Gasteiger partial charge is 0.325 e. The highest BCUT2D eigenvalue weighted by molar-refractivity contribution is 5.90. The van der Waals surface area contributed by atoms with Crippen molar-refractivity contribution < 1.29 is 9.72 Å². The van der Waals surface area contributed by atoms with Crippen LogP contribution >= 0.6 is 0 Å². The van der Waals surface area contributed by atoms with Gasteiger partial charge in [-0.1, -0.05) is 12.1 Å². The molecule has 1 amide bonds. The van der Waals surface area contributed by atoms with Gasteiger partial charge in [-0.3, -0.25) is 29.2 Å². The quantitative estimate of drug-likeness (QED) is 0.591. The number of hydrogen-bond acceptors (Lipinski definition) is 6. The van der Waals surface area contributed by atoms with Gasteiger partial charge < -0.3 is 10.2 Å². The van der Waals surface area contributed by atoms with Crippen LogP contribution in [0.15, 0.2) is 47.4 Å². The summed E-state index contributed by atoms with van der Waals surface area (Å²) in [7, 11) is 2.11. The third-order valence-electron chi connectivity index (χ3n) is 4.71. The fraction of sp³-hybridized carbons (Fsp3) is 0.368. The maximum atomic E-state index is 12.3. The summed E-state index contributed by atoms with van der Waals surface area (Å²) in [5, 5.41) is 13.6. The van der Waals surface area contributed by atoms with E-state index >= 15 is 0 Å². The van der Waals surface area contributed by atoms with Crippen LogP contribution in [0.3, 0.4) is 0 Å². The van der Waals surface area contributed by atoms with Gasteiger partial charge >= 0.3 is 0 Å². The van der Waals surface area contributed by atoms with Crippen LogP contribution in [-0.4, -0.2) is 58.4 Å². The highest BCUT2D eigenvalue weighted by atomic mass is 16.6. The Morgan fingerprint density at radius 1 is 1.18 bits per heavy atom. The first-order valence-corrected chi connectivity index (χ1v) is 9.05. The minimum atomic E-state index is -0.602. The number of benzene rings is 1. The molecule has 0 unspecified atom stereocenters. The average Bonchev–Trinajstić information content (AvgIpc) is 2.65. The molecule has 1 N–H and O–H groups in total. The van der Waals surface area contributed by atoms with E-state index in [1.807, 2.05) is 18.2 Å². The molecule has 0 atom stereocenters. The first kappa shape index (κ1) is 19.7. The lowest BCUT2D eigenvalue weighted by molar-refractivity contribution is -0.385. The molecule has 1 aromatic carbocycles. The highest BCUT2D eigenvalue weighted by Crippen LogP contribution is 2.14. The maximum Gasteiger partial charge on any atom is 0.285 e. The predicted octanol–water partition coefficient (Wildman–Crippen LogP) is 1.14. The van der Waals surface area contributed by atoms with E-state index in [9.17, 15) is 19.7 Å². The van der Waals surface area contributed by atoms with Crippen LogP contribution in [0.4, 0.5) is 11.4 Å². The van der Waals surface area contributed by atoms with Crippen molar-refractivity contribution in [3.8, 4) is 0 Å². The summed E-state index contributed by atoms with van der Waals surface area (Å²) < 4.78 is 1.03. The Bertz CT molecular complexity index is 919. The summed E-state index contributed by atoms with van der Waals surface area (Å²) in [6.07, 6.45) is 1.08. The number of carbonyl (C=O) groups is 1. The molecule has 1 saturated heterocycles. The molecule has 1 fully saturated rings. The lowest BCUT2D eigenvalue weighted by Crippen LogP contribution is -2.43. The maximum absolute atomic E-state index is 12.3. The molecule has 1 aliphatic heterocycles. The molecule has 0 aliphatic carbocycles. The number of hydrogen-bond donors (Lipinski definition) is 1. The lowest BCUT2D eigenvalue weighted by atomic mass is 10.1. The van der Waals surface area contributed by atoms with Crippen molar-refractivity contribution in [1.29, 1.82) is 0 Å². The van der Waals surface area contributed by atoms with E-state index in [-0.39, 0.29) is 12.2 Å². The zero-order valence-corrected chi connectivity index (χ0v) is 15.7. The molecule has 0 saturated carbocycles. The van der Waals surface area contributed by atoms with Crippen molar-refractivity contribution in [3.05, 3.63) is 68.6 Å². The van der Waals surface area contributed by atoms with Crippen LogP contribution in [0.1, 0.15) is 5.56 Å². The predicted molar refractivity (Wildman–Crippen MR) is 105 cm³/mol. The molecule has 1 aliphatic rings. The second kappa shape index (κ2) is 8.77. The number of carbonyl (C=O) groups excluding carboxylic acids is 1. The topological polar surface area (TPSA) is 101 Å². The number of nitrogens with zero attached hydrogens (tertiary/aromatic N) is 4. The monoisotopic (exact) mass is 385 g/mol. The van der Waals surface area contributed by atoms with Crippen molar-refractivity contribution in [1.82, 2.24) is 14.4 Å². The Balaban J connectivity index is 1.62. The van der Waals surface area contributed by atoms with E-state index in [0.29, 0.717) is 5.69 Å². The van der Waals surface area contributed by atoms with Crippen LogP contribution in [0, 0.1) is 10.1 Å². The molecule has 1 aromatic heterocycles. The van der Waals surface area contributed by atoms with Crippen molar-refractivity contribution in [2.24, 2.45) is 0 Å². The van der Waals surface area contributed by atoms with Gasteiger partial charge in [-0.2, -0.15) is 0 Å². The van der Waals surface area contributed by atoms with Crippen LogP contribution in [0.25, 0.3) is 0 Å². The summed E-state index contributed by atoms with van der Waals surface area (Å²) in [6, 6.07) is 9.79. The molecule has 28 heavy (non-hydrogen) atoms. The SMILES string of the molecule is CN1CCN(Cc2cccc(NC(=O)Cn3cc([N+](=O)[O-])ccc3=O)c2)CC1. The third-order valence-corrected chi connectivity index (χ3v) is 4.71. The van der Waals surface area contributed by atoms with Gasteiger partial charge in [0.1, 0.15) is 6.54 Å². The van der Waals surface area contributed by atoms with E-state index in [1.54, 1.807) is 6.07 Å². The summed E-state index contributed by atoms with van der Waals surface area (Å²) in [5.41, 5.74) is 1.02. The fourth-order valence-electron chi connectivity index (χ4n) is 3.12. The Hall–Kier alpha value is -3.04. The zero-order chi connectivity index (χ0) is 20.1. The molecule has 148 valence electrons. The molecule has 0 spiro atoms. The summed E-state index contributed by atoms with van der Waals surface area (Å²) in [6.45, 7) is 4.60. The third kappa shape index (κ3) is 5.24. The molecule has 9 nitrogen and oxygen atoms in total. The Labute approximate surface area is 162 Å². The molecule has 2 aromatic rings. The molecule has 0 bridgehead atoms. The Morgan fingerprint density at radius 3 is 2.64 bits per heavy atom. The van der Waals surface area contributed by atoms with Gasteiger partial charge in [0.25, 0.3) is 11.2 Å². The smallest absolute Gasteiger partial charge is 0.285 e. The van der Waals surface area contributed by atoms with Crippen molar-refractivity contribution in [2.45, 2.75) is 13.1 Å². The minimum Gasteiger partial charge on any atom is -0.325 e. The van der Waals surface area contributed by atoms with Gasteiger partial charge in [0, 0.05) is 50.5 Å². The van der Waals surface area contributed by atoms with Crippen LogP contribution in [-0.2, 0) is 17.9 Å². The minimum absolute atomic E-state index is 0.235. The average molecular weight is 385 g/mol. The number of rotatable bonds is 6. The van der Waals surface area contributed by atoms with Gasteiger partial charge in [-0.25, -0.2) is 0 Å². The van der Waals surface area contributed by atoms with Gasteiger partial charge in [0.15, 0.2) is 0 Å². The zero-order valence-electron chi connectivity index (χ0n) is 15.7. The molecule has 3 rings (SSSR count). The van der Waals surface area contributed by atoms with Crippen LogP contribution in [0.2, 0.25) is 0 Å². The number of anilines is 1.